The lowest BCUT2D eigenvalue weighted by Crippen LogP contribution is -2.41. The number of nitrogens with one attached hydrogen (secondary N) is 1. The van der Waals surface area contributed by atoms with Crippen molar-refractivity contribution >= 4 is 17.4 Å². The zero-order valence-corrected chi connectivity index (χ0v) is 17.9. The summed E-state index contributed by atoms with van der Waals surface area (Å²) in [5.74, 6) is -0.393. The molecular formula is C22H28N6O3. The monoisotopic (exact) mass is 424 g/mol. The van der Waals surface area contributed by atoms with Gasteiger partial charge in [0.25, 0.3) is 11.5 Å². The number of aromatic amines is 1. The fraction of sp³-hybridized carbons (Fsp3) is 0.364. The van der Waals surface area contributed by atoms with Crippen molar-refractivity contribution < 1.29 is 4.79 Å². The predicted octanol–water partition coefficient (Wildman–Crippen LogP) is 2.55. The van der Waals surface area contributed by atoms with Gasteiger partial charge in [0.05, 0.1) is 17.4 Å². The van der Waals surface area contributed by atoms with E-state index in [2.05, 4.69) is 10.1 Å². The highest BCUT2D eigenvalue weighted by Gasteiger charge is 2.26. The zero-order valence-electron chi connectivity index (χ0n) is 17.9. The Bertz CT molecular complexity index is 1150. The largest absolute Gasteiger partial charge is 0.383 e. The number of carbonyl (C=O) groups is 1. The summed E-state index contributed by atoms with van der Waals surface area (Å²) >= 11 is 0. The molecule has 9 nitrogen and oxygen atoms in total. The maximum Gasteiger partial charge on any atom is 0.330 e. The van der Waals surface area contributed by atoms with E-state index in [0.717, 1.165) is 24.9 Å². The number of H-pyrrole nitrogens is 1. The van der Waals surface area contributed by atoms with Crippen molar-refractivity contribution in [1.29, 1.82) is 0 Å². The zero-order chi connectivity index (χ0) is 22.4. The number of carbonyl (C=O) groups excluding carboxylic acids is 1. The first-order valence-electron chi connectivity index (χ1n) is 10.5. The quantitative estimate of drug-likeness (QED) is 0.547. The van der Waals surface area contributed by atoms with Gasteiger partial charge in [0.15, 0.2) is 5.69 Å². The lowest BCUT2D eigenvalue weighted by atomic mass is 10.2. The average Bonchev–Trinajstić information content (AvgIpc) is 3.26. The lowest BCUT2D eigenvalue weighted by molar-refractivity contribution is 0.0986. The number of aromatic nitrogens is 4. The number of nitrogens with zero attached hydrogens (tertiary/aromatic N) is 4. The van der Waals surface area contributed by atoms with Crippen LogP contribution in [-0.2, 0) is 6.54 Å². The highest BCUT2D eigenvalue weighted by atomic mass is 16.2. The van der Waals surface area contributed by atoms with Crippen LogP contribution in [0.15, 0.2) is 52.3 Å². The van der Waals surface area contributed by atoms with E-state index < -0.39 is 17.2 Å². The first-order chi connectivity index (χ1) is 15.0. The van der Waals surface area contributed by atoms with Crippen LogP contribution >= 0.6 is 0 Å². The van der Waals surface area contributed by atoms with Crippen LogP contribution in [0, 0.1) is 0 Å². The average molecular weight is 425 g/mol. The van der Waals surface area contributed by atoms with Crippen LogP contribution in [0.5, 0.6) is 0 Å². The molecule has 2 aromatic heterocycles. The topological polar surface area (TPSA) is 119 Å². The van der Waals surface area contributed by atoms with Gasteiger partial charge in [0.2, 0.25) is 0 Å². The molecule has 2 heterocycles. The van der Waals surface area contributed by atoms with Gasteiger partial charge in [-0.2, -0.15) is 5.10 Å². The molecule has 0 radical (unpaired) electrons. The maximum absolute atomic E-state index is 13.4. The third kappa shape index (κ3) is 4.76. The lowest BCUT2D eigenvalue weighted by Gasteiger charge is -2.24. The SMILES string of the molecule is CCCCN(C(=O)c1cnn(-c2ccccc2)c1)c1c(N)n(CCCC)c(=O)[nH]c1=O. The normalized spacial score (nSPS) is 10.9. The van der Waals surface area contributed by atoms with E-state index in [1.165, 1.54) is 15.7 Å². The molecule has 3 rings (SSSR count). The first kappa shape index (κ1) is 22.1. The van der Waals surface area contributed by atoms with Crippen LogP contribution in [0.2, 0.25) is 0 Å². The van der Waals surface area contributed by atoms with E-state index in [1.54, 1.807) is 10.9 Å². The van der Waals surface area contributed by atoms with Crippen LogP contribution in [0.1, 0.15) is 49.9 Å². The van der Waals surface area contributed by atoms with Gasteiger partial charge in [-0.1, -0.05) is 44.9 Å². The summed E-state index contributed by atoms with van der Waals surface area (Å²) in [6, 6.07) is 9.41. The van der Waals surface area contributed by atoms with Gasteiger partial charge < -0.3 is 10.6 Å². The highest BCUT2D eigenvalue weighted by molar-refractivity contribution is 6.07. The fourth-order valence-corrected chi connectivity index (χ4v) is 3.32. The summed E-state index contributed by atoms with van der Waals surface area (Å²) in [4.78, 5) is 42.0. The van der Waals surface area contributed by atoms with Crippen molar-refractivity contribution in [3.8, 4) is 5.69 Å². The van der Waals surface area contributed by atoms with Crippen molar-refractivity contribution in [3.63, 3.8) is 0 Å². The molecule has 164 valence electrons. The molecule has 3 N–H and O–H groups in total. The Morgan fingerprint density at radius 2 is 1.84 bits per heavy atom. The number of hydrogen-bond donors (Lipinski definition) is 2. The van der Waals surface area contributed by atoms with E-state index in [-0.39, 0.29) is 11.5 Å². The third-order valence-corrected chi connectivity index (χ3v) is 5.05. The molecule has 0 spiro atoms. The van der Waals surface area contributed by atoms with Crippen molar-refractivity contribution in [1.82, 2.24) is 19.3 Å². The number of nitrogen functional groups attached to an aromatic ring is 1. The Morgan fingerprint density at radius 3 is 2.52 bits per heavy atom. The number of anilines is 2. The third-order valence-electron chi connectivity index (χ3n) is 5.05. The molecule has 9 heteroatoms. The number of unbranched alkanes of at least 4 members (excludes halogenated alkanes) is 2. The van der Waals surface area contributed by atoms with E-state index >= 15 is 0 Å². The van der Waals surface area contributed by atoms with Crippen LogP contribution in [0.4, 0.5) is 11.5 Å². The fourth-order valence-electron chi connectivity index (χ4n) is 3.32. The molecule has 0 saturated heterocycles. The Kier molecular flexibility index (Phi) is 7.07. The molecule has 1 amide bonds. The number of nitrogens with two attached hydrogens (primary N) is 1. The van der Waals surface area contributed by atoms with E-state index in [9.17, 15) is 14.4 Å². The summed E-state index contributed by atoms with van der Waals surface area (Å²) in [6.07, 6.45) is 6.16. The maximum atomic E-state index is 13.4. The molecular weight excluding hydrogens is 396 g/mol. The number of amides is 1. The molecule has 0 atom stereocenters. The summed E-state index contributed by atoms with van der Waals surface area (Å²) in [6.45, 7) is 4.65. The van der Waals surface area contributed by atoms with Crippen LogP contribution in [0.25, 0.3) is 5.69 Å². The van der Waals surface area contributed by atoms with Gasteiger partial charge in [0.1, 0.15) is 5.82 Å². The standard InChI is InChI=1S/C22H28N6O3/c1-3-5-12-26(18-19(23)27(13-6-4-2)22(31)25-20(18)29)21(30)16-14-24-28(15-16)17-10-8-7-9-11-17/h7-11,14-15H,3-6,12-13,23H2,1-2H3,(H,25,29,31). The summed E-state index contributed by atoms with van der Waals surface area (Å²) in [5, 5.41) is 4.28. The van der Waals surface area contributed by atoms with Gasteiger partial charge in [-0.3, -0.25) is 19.1 Å². The van der Waals surface area contributed by atoms with Crippen molar-refractivity contribution in [2.75, 3.05) is 17.2 Å². The highest BCUT2D eigenvalue weighted by Crippen LogP contribution is 2.21. The first-order valence-corrected chi connectivity index (χ1v) is 10.5. The second-order valence-corrected chi connectivity index (χ2v) is 7.32. The number of benzene rings is 1. The number of rotatable bonds is 9. The second kappa shape index (κ2) is 9.92. The summed E-state index contributed by atoms with van der Waals surface area (Å²) in [7, 11) is 0. The van der Waals surface area contributed by atoms with Crippen LogP contribution in [0.3, 0.4) is 0 Å². The molecule has 1 aromatic carbocycles. The van der Waals surface area contributed by atoms with Gasteiger partial charge in [-0.25, -0.2) is 9.48 Å². The molecule has 0 saturated carbocycles. The molecule has 0 aliphatic rings. The van der Waals surface area contributed by atoms with Gasteiger partial charge in [-0.15, -0.1) is 0 Å². The Labute approximate surface area is 180 Å². The Balaban J connectivity index is 2.03. The smallest absolute Gasteiger partial charge is 0.330 e. The summed E-state index contributed by atoms with van der Waals surface area (Å²) < 4.78 is 2.92. The van der Waals surface area contributed by atoms with E-state index in [1.807, 2.05) is 44.2 Å². The van der Waals surface area contributed by atoms with Crippen LogP contribution < -0.4 is 21.9 Å². The van der Waals surface area contributed by atoms with Crippen LogP contribution in [-0.4, -0.2) is 31.8 Å². The van der Waals surface area contributed by atoms with E-state index in [0.29, 0.717) is 25.1 Å². The van der Waals surface area contributed by atoms with Crippen molar-refractivity contribution in [3.05, 3.63) is 69.1 Å². The van der Waals surface area contributed by atoms with Gasteiger partial charge >= 0.3 is 5.69 Å². The molecule has 31 heavy (non-hydrogen) atoms. The van der Waals surface area contributed by atoms with Gasteiger partial charge in [-0.05, 0) is 25.0 Å². The molecule has 0 aliphatic carbocycles. The Hall–Kier alpha value is -3.62. The van der Waals surface area contributed by atoms with E-state index in [4.69, 9.17) is 5.73 Å². The Morgan fingerprint density at radius 1 is 1.13 bits per heavy atom. The molecule has 0 bridgehead atoms. The molecule has 0 aliphatic heterocycles. The molecule has 3 aromatic rings. The van der Waals surface area contributed by atoms with Crippen molar-refractivity contribution in [2.45, 2.75) is 46.1 Å². The minimum Gasteiger partial charge on any atom is -0.383 e. The predicted molar refractivity (Wildman–Crippen MR) is 121 cm³/mol. The number of hydrogen-bond acceptors (Lipinski definition) is 5. The van der Waals surface area contributed by atoms with Crippen molar-refractivity contribution in [2.24, 2.45) is 0 Å². The number of para-hydroxylation sites is 1. The molecule has 0 unspecified atom stereocenters. The minimum atomic E-state index is -0.671. The minimum absolute atomic E-state index is 0.00149. The summed E-state index contributed by atoms with van der Waals surface area (Å²) in [5.41, 5.74) is 6.14. The van der Waals surface area contributed by atoms with Gasteiger partial charge in [0, 0.05) is 19.3 Å². The molecule has 0 fully saturated rings. The second-order valence-electron chi connectivity index (χ2n) is 7.32.